The molecule has 3 rings (SSSR count). The quantitative estimate of drug-likeness (QED) is 0.646. The number of hydrogen-bond donors (Lipinski definition) is 0. The number of rotatable bonds is 1. The van der Waals surface area contributed by atoms with Crippen LogP contribution in [-0.2, 0) is 0 Å². The molecule has 3 aromatic rings. The van der Waals surface area contributed by atoms with E-state index >= 15 is 0 Å². The van der Waals surface area contributed by atoms with E-state index in [1.54, 1.807) is 28.9 Å². The fraction of sp³-hybridized carbons (Fsp3) is 0.0769. The Labute approximate surface area is 103 Å². The molecular formula is C13H9N5. The summed E-state index contributed by atoms with van der Waals surface area (Å²) >= 11 is 0. The van der Waals surface area contributed by atoms with Gasteiger partial charge in [0.25, 0.3) is 0 Å². The lowest BCUT2D eigenvalue weighted by atomic mass is 10.2. The summed E-state index contributed by atoms with van der Waals surface area (Å²) < 4.78 is 1.80. The Balaban J connectivity index is 2.23. The van der Waals surface area contributed by atoms with Gasteiger partial charge in [0.1, 0.15) is 6.07 Å². The van der Waals surface area contributed by atoms with Gasteiger partial charge in [-0.15, -0.1) is 10.2 Å². The van der Waals surface area contributed by atoms with E-state index in [9.17, 15) is 0 Å². The number of aryl methyl sites for hydroxylation is 1. The number of hydrogen-bond acceptors (Lipinski definition) is 4. The molecule has 3 aromatic heterocycles. The monoisotopic (exact) mass is 235 g/mol. The maximum atomic E-state index is 8.92. The molecule has 0 bridgehead atoms. The Bertz CT molecular complexity index is 749. The summed E-state index contributed by atoms with van der Waals surface area (Å²) in [5.74, 6) is 0.689. The molecule has 0 aliphatic carbocycles. The Morgan fingerprint density at radius 3 is 2.78 bits per heavy atom. The number of aromatic nitrogens is 4. The average Bonchev–Trinajstić information content (AvgIpc) is 2.82. The third-order valence-corrected chi connectivity index (χ3v) is 2.70. The molecule has 0 N–H and O–H groups in total. The van der Waals surface area contributed by atoms with Crippen molar-refractivity contribution < 1.29 is 0 Å². The lowest BCUT2D eigenvalue weighted by Gasteiger charge is -2.00. The smallest absolute Gasteiger partial charge is 0.169 e. The summed E-state index contributed by atoms with van der Waals surface area (Å²) in [7, 11) is 0. The van der Waals surface area contributed by atoms with Crippen LogP contribution in [0.3, 0.4) is 0 Å². The van der Waals surface area contributed by atoms with E-state index in [2.05, 4.69) is 21.3 Å². The molecule has 5 nitrogen and oxygen atoms in total. The number of fused-ring (bicyclic) bond motifs is 1. The molecule has 0 atom stereocenters. The Morgan fingerprint density at radius 1 is 1.17 bits per heavy atom. The van der Waals surface area contributed by atoms with Crippen LogP contribution < -0.4 is 0 Å². The second-order valence-corrected chi connectivity index (χ2v) is 3.97. The van der Waals surface area contributed by atoms with Crippen molar-refractivity contribution in [2.24, 2.45) is 0 Å². The Hall–Kier alpha value is -2.74. The number of pyridine rings is 2. The fourth-order valence-electron chi connectivity index (χ4n) is 1.75. The molecule has 0 unspecified atom stereocenters. The van der Waals surface area contributed by atoms with E-state index in [1.165, 1.54) is 0 Å². The molecule has 0 fully saturated rings. The van der Waals surface area contributed by atoms with Crippen molar-refractivity contribution in [3.8, 4) is 17.5 Å². The van der Waals surface area contributed by atoms with Crippen LogP contribution >= 0.6 is 0 Å². The first-order valence-electron chi connectivity index (χ1n) is 5.46. The standard InChI is InChI=1S/C13H9N5/c1-9-2-4-11(7-15-9)13-17-16-12-5-3-10(6-14)8-18(12)13/h2-5,7-8H,1H3. The van der Waals surface area contributed by atoms with Crippen LogP contribution in [0.1, 0.15) is 11.3 Å². The van der Waals surface area contributed by atoms with Crippen molar-refractivity contribution in [2.45, 2.75) is 6.92 Å². The van der Waals surface area contributed by atoms with E-state index in [0.29, 0.717) is 17.0 Å². The highest BCUT2D eigenvalue weighted by atomic mass is 15.2. The number of nitriles is 1. The van der Waals surface area contributed by atoms with Gasteiger partial charge in [0, 0.05) is 23.7 Å². The summed E-state index contributed by atoms with van der Waals surface area (Å²) in [6.07, 6.45) is 3.48. The second kappa shape index (κ2) is 3.93. The predicted molar refractivity (Wildman–Crippen MR) is 65.7 cm³/mol. The summed E-state index contributed by atoms with van der Waals surface area (Å²) in [6, 6.07) is 9.47. The van der Waals surface area contributed by atoms with Crippen LogP contribution in [0.15, 0.2) is 36.7 Å². The maximum absolute atomic E-state index is 8.92. The third-order valence-electron chi connectivity index (χ3n) is 2.70. The molecule has 5 heteroatoms. The molecule has 86 valence electrons. The van der Waals surface area contributed by atoms with Gasteiger partial charge in [-0.1, -0.05) is 0 Å². The molecule has 3 heterocycles. The minimum atomic E-state index is 0.573. The summed E-state index contributed by atoms with van der Waals surface area (Å²) in [6.45, 7) is 1.93. The van der Waals surface area contributed by atoms with Crippen LogP contribution in [0.5, 0.6) is 0 Å². The molecule has 0 radical (unpaired) electrons. The van der Waals surface area contributed by atoms with Crippen molar-refractivity contribution in [3.05, 3.63) is 47.9 Å². The van der Waals surface area contributed by atoms with Crippen molar-refractivity contribution in [3.63, 3.8) is 0 Å². The molecule has 18 heavy (non-hydrogen) atoms. The van der Waals surface area contributed by atoms with Gasteiger partial charge in [-0.25, -0.2) is 0 Å². The fourth-order valence-corrected chi connectivity index (χ4v) is 1.75. The van der Waals surface area contributed by atoms with Crippen molar-refractivity contribution >= 4 is 5.65 Å². The Morgan fingerprint density at radius 2 is 2.06 bits per heavy atom. The van der Waals surface area contributed by atoms with Gasteiger partial charge in [-0.3, -0.25) is 9.38 Å². The SMILES string of the molecule is Cc1ccc(-c2nnc3ccc(C#N)cn23)cn1. The topological polar surface area (TPSA) is 66.9 Å². The van der Waals surface area contributed by atoms with Crippen LogP contribution in [0.2, 0.25) is 0 Å². The van der Waals surface area contributed by atoms with E-state index in [-0.39, 0.29) is 0 Å². The van der Waals surface area contributed by atoms with Crippen molar-refractivity contribution in [2.75, 3.05) is 0 Å². The van der Waals surface area contributed by atoms with Crippen molar-refractivity contribution in [1.29, 1.82) is 5.26 Å². The lowest BCUT2D eigenvalue weighted by molar-refractivity contribution is 1.10. The minimum absolute atomic E-state index is 0.573. The van der Waals surface area contributed by atoms with E-state index in [4.69, 9.17) is 5.26 Å². The zero-order valence-electron chi connectivity index (χ0n) is 9.70. The molecule has 0 saturated carbocycles. The van der Waals surface area contributed by atoms with Crippen LogP contribution in [0.25, 0.3) is 17.0 Å². The summed E-state index contributed by atoms with van der Waals surface area (Å²) in [5.41, 5.74) is 3.11. The minimum Gasteiger partial charge on any atom is -0.281 e. The van der Waals surface area contributed by atoms with Crippen LogP contribution in [0, 0.1) is 18.3 Å². The number of nitrogens with zero attached hydrogens (tertiary/aromatic N) is 5. The zero-order chi connectivity index (χ0) is 12.5. The second-order valence-electron chi connectivity index (χ2n) is 3.97. The van der Waals surface area contributed by atoms with Crippen LogP contribution in [-0.4, -0.2) is 19.6 Å². The normalized spacial score (nSPS) is 10.4. The summed E-state index contributed by atoms with van der Waals surface area (Å²) in [5, 5.41) is 17.1. The van der Waals surface area contributed by atoms with E-state index < -0.39 is 0 Å². The molecule has 0 aromatic carbocycles. The molecule has 0 amide bonds. The van der Waals surface area contributed by atoms with Gasteiger partial charge < -0.3 is 0 Å². The van der Waals surface area contributed by atoms with E-state index in [0.717, 1.165) is 11.3 Å². The largest absolute Gasteiger partial charge is 0.281 e. The Kier molecular flexibility index (Phi) is 2.27. The van der Waals surface area contributed by atoms with Gasteiger partial charge in [-0.2, -0.15) is 5.26 Å². The first-order valence-corrected chi connectivity index (χ1v) is 5.46. The molecule has 0 saturated heterocycles. The highest BCUT2D eigenvalue weighted by Crippen LogP contribution is 2.18. The van der Waals surface area contributed by atoms with Crippen LogP contribution in [0.4, 0.5) is 0 Å². The van der Waals surface area contributed by atoms with Gasteiger partial charge in [0.2, 0.25) is 0 Å². The highest BCUT2D eigenvalue weighted by molar-refractivity contribution is 5.59. The van der Waals surface area contributed by atoms with Gasteiger partial charge in [0.15, 0.2) is 11.5 Å². The van der Waals surface area contributed by atoms with Gasteiger partial charge >= 0.3 is 0 Å². The van der Waals surface area contributed by atoms with Gasteiger partial charge in [0.05, 0.1) is 5.56 Å². The predicted octanol–water partition coefficient (Wildman–Crippen LogP) is 1.97. The molecule has 0 aliphatic rings. The average molecular weight is 235 g/mol. The zero-order valence-corrected chi connectivity index (χ0v) is 9.70. The van der Waals surface area contributed by atoms with Gasteiger partial charge in [-0.05, 0) is 31.2 Å². The first kappa shape index (κ1) is 10.4. The maximum Gasteiger partial charge on any atom is 0.169 e. The molecular weight excluding hydrogens is 226 g/mol. The summed E-state index contributed by atoms with van der Waals surface area (Å²) in [4.78, 5) is 4.24. The lowest BCUT2D eigenvalue weighted by Crippen LogP contribution is -1.91. The van der Waals surface area contributed by atoms with E-state index in [1.807, 2.05) is 19.1 Å². The third kappa shape index (κ3) is 1.60. The van der Waals surface area contributed by atoms with Crippen molar-refractivity contribution in [1.82, 2.24) is 19.6 Å². The molecule has 0 spiro atoms. The highest BCUT2D eigenvalue weighted by Gasteiger charge is 2.08. The first-order chi connectivity index (χ1) is 8.78. The molecule has 0 aliphatic heterocycles.